The predicted molar refractivity (Wildman–Crippen MR) is 70.9 cm³/mol. The Labute approximate surface area is 123 Å². The van der Waals surface area contributed by atoms with E-state index in [-0.39, 0.29) is 12.4 Å². The van der Waals surface area contributed by atoms with Crippen molar-refractivity contribution in [2.45, 2.75) is 6.36 Å². The van der Waals surface area contributed by atoms with Gasteiger partial charge in [0.25, 0.3) is 0 Å². The Morgan fingerprint density at radius 1 is 1.14 bits per heavy atom. The van der Waals surface area contributed by atoms with Crippen LogP contribution < -0.4 is 10.1 Å². The topological polar surface area (TPSA) is 47.0 Å². The van der Waals surface area contributed by atoms with E-state index in [1.54, 1.807) is 13.1 Å². The van der Waals surface area contributed by atoms with E-state index >= 15 is 0 Å². The van der Waals surface area contributed by atoms with Crippen molar-refractivity contribution in [2.75, 3.05) is 12.4 Å². The average Bonchev–Trinajstić information content (AvgIpc) is 2.40. The predicted octanol–water partition coefficient (Wildman–Crippen LogP) is 3.64. The summed E-state index contributed by atoms with van der Waals surface area (Å²) in [6.45, 7) is 0. The molecule has 0 amide bonds. The second-order valence-electron chi connectivity index (χ2n) is 3.73. The molecular formula is C12H10ClF4N3O. The largest absolute Gasteiger partial charge is 0.573 e. The molecule has 0 aliphatic heterocycles. The lowest BCUT2D eigenvalue weighted by atomic mass is 10.1. The number of ether oxygens (including phenoxy) is 1. The van der Waals surface area contributed by atoms with E-state index in [0.717, 1.165) is 12.1 Å². The van der Waals surface area contributed by atoms with Gasteiger partial charge in [-0.15, -0.1) is 25.6 Å². The summed E-state index contributed by atoms with van der Waals surface area (Å²) in [5.41, 5.74) is 0.692. The van der Waals surface area contributed by atoms with Gasteiger partial charge in [-0.2, -0.15) is 0 Å². The molecule has 1 aromatic heterocycles. The van der Waals surface area contributed by atoms with Crippen LogP contribution in [0.15, 0.2) is 30.6 Å². The molecule has 9 heteroatoms. The Bertz CT molecular complexity index is 622. The van der Waals surface area contributed by atoms with Gasteiger partial charge in [0.2, 0.25) is 0 Å². The lowest BCUT2D eigenvalue weighted by Gasteiger charge is -2.10. The Hall–Kier alpha value is -2.09. The number of aromatic nitrogens is 2. The summed E-state index contributed by atoms with van der Waals surface area (Å²) in [7, 11) is 1.65. The quantitative estimate of drug-likeness (QED) is 0.876. The van der Waals surface area contributed by atoms with Gasteiger partial charge in [0.15, 0.2) is 11.6 Å². The van der Waals surface area contributed by atoms with Gasteiger partial charge in [0.1, 0.15) is 12.1 Å². The fourth-order valence-electron chi connectivity index (χ4n) is 1.52. The van der Waals surface area contributed by atoms with Crippen LogP contribution in [0.5, 0.6) is 5.75 Å². The zero-order valence-electron chi connectivity index (χ0n) is 10.6. The first kappa shape index (κ1) is 17.0. The first-order valence-electron chi connectivity index (χ1n) is 5.44. The third-order valence-corrected chi connectivity index (χ3v) is 2.38. The molecule has 0 saturated heterocycles. The number of rotatable bonds is 3. The minimum atomic E-state index is -4.93. The number of anilines is 1. The molecule has 1 heterocycles. The van der Waals surface area contributed by atoms with Crippen LogP contribution in [0.3, 0.4) is 0 Å². The molecule has 2 rings (SSSR count). The Morgan fingerprint density at radius 2 is 1.86 bits per heavy atom. The minimum Gasteiger partial charge on any atom is -0.403 e. The van der Waals surface area contributed by atoms with Crippen LogP contribution in [0.25, 0.3) is 11.3 Å². The van der Waals surface area contributed by atoms with Gasteiger partial charge in [-0.05, 0) is 18.2 Å². The van der Waals surface area contributed by atoms with Gasteiger partial charge in [-0.3, -0.25) is 0 Å². The molecule has 0 aliphatic rings. The normalized spacial score (nSPS) is 10.7. The number of hydrogen-bond donors (Lipinski definition) is 1. The zero-order chi connectivity index (χ0) is 14.8. The minimum absolute atomic E-state index is 0. The van der Waals surface area contributed by atoms with Crippen LogP contribution in [0, 0.1) is 5.82 Å². The molecule has 1 N–H and O–H groups in total. The van der Waals surface area contributed by atoms with Crippen molar-refractivity contribution < 1.29 is 22.3 Å². The Morgan fingerprint density at radius 3 is 2.43 bits per heavy atom. The molecule has 0 fully saturated rings. The molecule has 0 spiro atoms. The van der Waals surface area contributed by atoms with Crippen molar-refractivity contribution in [3.05, 3.63) is 36.4 Å². The van der Waals surface area contributed by atoms with Crippen molar-refractivity contribution in [1.82, 2.24) is 9.97 Å². The SMILES string of the molecule is CNc1cc(-c2ccc(OC(F)(F)F)c(F)c2)ncn1.Cl. The lowest BCUT2D eigenvalue weighted by molar-refractivity contribution is -0.275. The highest BCUT2D eigenvalue weighted by molar-refractivity contribution is 5.85. The third-order valence-electron chi connectivity index (χ3n) is 2.38. The van der Waals surface area contributed by atoms with Gasteiger partial charge in [0.05, 0.1) is 5.69 Å². The number of alkyl halides is 3. The summed E-state index contributed by atoms with van der Waals surface area (Å²) in [5, 5.41) is 2.78. The van der Waals surface area contributed by atoms with Crippen LogP contribution in [0.1, 0.15) is 0 Å². The molecule has 21 heavy (non-hydrogen) atoms. The van der Waals surface area contributed by atoms with Gasteiger partial charge >= 0.3 is 6.36 Å². The van der Waals surface area contributed by atoms with E-state index < -0.39 is 17.9 Å². The van der Waals surface area contributed by atoms with Crippen molar-refractivity contribution in [3.8, 4) is 17.0 Å². The third kappa shape index (κ3) is 4.45. The van der Waals surface area contributed by atoms with E-state index in [4.69, 9.17) is 0 Å². The van der Waals surface area contributed by atoms with Crippen molar-refractivity contribution in [3.63, 3.8) is 0 Å². The molecule has 0 atom stereocenters. The smallest absolute Gasteiger partial charge is 0.403 e. The number of hydrogen-bond acceptors (Lipinski definition) is 4. The molecule has 0 radical (unpaired) electrons. The van der Waals surface area contributed by atoms with E-state index in [1.165, 1.54) is 12.4 Å². The summed E-state index contributed by atoms with van der Waals surface area (Å²) in [6, 6.07) is 4.65. The lowest BCUT2D eigenvalue weighted by Crippen LogP contribution is -2.17. The highest BCUT2D eigenvalue weighted by Gasteiger charge is 2.32. The number of nitrogens with one attached hydrogen (secondary N) is 1. The standard InChI is InChI=1S/C12H9F4N3O.ClH/c1-17-11-5-9(18-6-19-11)7-2-3-10(8(13)4-7)20-12(14,15)16;/h2-6H,1H3,(H,17,18,19);1H. The van der Waals surface area contributed by atoms with Gasteiger partial charge in [-0.1, -0.05) is 0 Å². The fourth-order valence-corrected chi connectivity index (χ4v) is 1.52. The van der Waals surface area contributed by atoms with E-state index in [9.17, 15) is 17.6 Å². The summed E-state index contributed by atoms with van der Waals surface area (Å²) >= 11 is 0. The van der Waals surface area contributed by atoms with Crippen molar-refractivity contribution >= 4 is 18.2 Å². The molecule has 1 aromatic carbocycles. The number of benzene rings is 1. The molecule has 2 aromatic rings. The molecule has 0 bridgehead atoms. The summed E-state index contributed by atoms with van der Waals surface area (Å²) in [5.74, 6) is -1.50. The second-order valence-corrected chi connectivity index (χ2v) is 3.73. The first-order chi connectivity index (χ1) is 9.39. The molecule has 0 unspecified atom stereocenters. The highest BCUT2D eigenvalue weighted by atomic mass is 35.5. The maximum atomic E-state index is 13.6. The molecular weight excluding hydrogens is 314 g/mol. The van der Waals surface area contributed by atoms with Gasteiger partial charge in [0, 0.05) is 18.7 Å². The van der Waals surface area contributed by atoms with Crippen LogP contribution >= 0.6 is 12.4 Å². The molecule has 0 aliphatic carbocycles. The van der Waals surface area contributed by atoms with Gasteiger partial charge in [-0.25, -0.2) is 14.4 Å². The van der Waals surface area contributed by atoms with E-state index in [2.05, 4.69) is 20.0 Å². The Balaban J connectivity index is 0.00000220. The summed E-state index contributed by atoms with van der Waals surface area (Å²) in [4.78, 5) is 7.80. The summed E-state index contributed by atoms with van der Waals surface area (Å²) in [6.07, 6.45) is -3.67. The monoisotopic (exact) mass is 323 g/mol. The average molecular weight is 324 g/mol. The number of halogens is 5. The van der Waals surface area contributed by atoms with E-state index in [1.807, 2.05) is 0 Å². The zero-order valence-corrected chi connectivity index (χ0v) is 11.4. The Kier molecular flexibility index (Phi) is 5.31. The highest BCUT2D eigenvalue weighted by Crippen LogP contribution is 2.29. The molecule has 0 saturated carbocycles. The van der Waals surface area contributed by atoms with E-state index in [0.29, 0.717) is 17.1 Å². The summed E-state index contributed by atoms with van der Waals surface area (Å²) < 4.78 is 53.2. The first-order valence-corrected chi connectivity index (χ1v) is 5.44. The maximum Gasteiger partial charge on any atom is 0.573 e. The van der Waals surface area contributed by atoms with Crippen LogP contribution in [-0.2, 0) is 0 Å². The second kappa shape index (κ2) is 6.57. The molecule has 114 valence electrons. The van der Waals surface area contributed by atoms with Crippen molar-refractivity contribution in [1.29, 1.82) is 0 Å². The van der Waals surface area contributed by atoms with Crippen molar-refractivity contribution in [2.24, 2.45) is 0 Å². The van der Waals surface area contributed by atoms with Crippen LogP contribution in [0.4, 0.5) is 23.4 Å². The number of nitrogens with zero attached hydrogens (tertiary/aromatic N) is 2. The van der Waals surface area contributed by atoms with Crippen LogP contribution in [-0.4, -0.2) is 23.4 Å². The van der Waals surface area contributed by atoms with Gasteiger partial charge < -0.3 is 10.1 Å². The van der Waals surface area contributed by atoms with Crippen LogP contribution in [0.2, 0.25) is 0 Å². The fraction of sp³-hybridized carbons (Fsp3) is 0.167. The molecule has 4 nitrogen and oxygen atoms in total. The maximum absolute atomic E-state index is 13.6.